The predicted octanol–water partition coefficient (Wildman–Crippen LogP) is 1.58. The van der Waals surface area contributed by atoms with E-state index < -0.39 is 12.0 Å². The summed E-state index contributed by atoms with van der Waals surface area (Å²) in [6.07, 6.45) is -4.62. The van der Waals surface area contributed by atoms with Gasteiger partial charge in [-0.3, -0.25) is 5.41 Å². The fourth-order valence-corrected chi connectivity index (χ4v) is 0.870. The number of halogens is 3. The van der Waals surface area contributed by atoms with Gasteiger partial charge in [0.15, 0.2) is 0 Å². The molecule has 0 amide bonds. The first-order chi connectivity index (χ1) is 6.30. The van der Waals surface area contributed by atoms with Crippen molar-refractivity contribution in [2.45, 2.75) is 13.1 Å². The van der Waals surface area contributed by atoms with Crippen molar-refractivity contribution in [2.24, 2.45) is 0 Å². The van der Waals surface area contributed by atoms with E-state index >= 15 is 0 Å². The van der Waals surface area contributed by atoms with Gasteiger partial charge in [0.1, 0.15) is 0 Å². The van der Waals surface area contributed by atoms with Crippen molar-refractivity contribution >= 4 is 5.84 Å². The predicted molar refractivity (Wildman–Crippen MR) is 49.2 cm³/mol. The maximum atomic E-state index is 12.2. The van der Waals surface area contributed by atoms with Crippen LogP contribution in [0.25, 0.3) is 0 Å². The zero-order valence-corrected chi connectivity index (χ0v) is 8.20. The third-order valence-corrected chi connectivity index (χ3v) is 1.58. The fraction of sp³-hybridized carbons (Fsp3) is 0.625. The molecule has 82 valence electrons. The molecule has 0 bridgehead atoms. The molecule has 2 N–H and O–H groups in total. The first-order valence-electron chi connectivity index (χ1n) is 4.04. The van der Waals surface area contributed by atoms with Crippen molar-refractivity contribution in [1.82, 2.24) is 10.2 Å². The topological polar surface area (TPSA) is 39.1 Å². The van der Waals surface area contributed by atoms with Crippen LogP contribution < -0.4 is 5.32 Å². The summed E-state index contributed by atoms with van der Waals surface area (Å²) in [4.78, 5) is 0.830. The number of hydrogen-bond donors (Lipinski definition) is 2. The Labute approximate surface area is 81.1 Å². The average Bonchev–Trinajstić information content (AvgIpc) is 2.02. The molecule has 0 saturated carbocycles. The zero-order valence-electron chi connectivity index (χ0n) is 8.20. The van der Waals surface area contributed by atoms with Crippen molar-refractivity contribution in [2.75, 3.05) is 20.1 Å². The Morgan fingerprint density at radius 2 is 2.00 bits per heavy atom. The van der Waals surface area contributed by atoms with Gasteiger partial charge in [0.25, 0.3) is 0 Å². The third kappa shape index (κ3) is 3.78. The smallest absolute Gasteiger partial charge is 0.326 e. The SMILES string of the molecule is C=C(C)N(CCNC)C(=N)C(F)(F)F. The molecule has 0 rings (SSSR count). The second kappa shape index (κ2) is 4.99. The Bertz CT molecular complexity index is 222. The highest BCUT2D eigenvalue weighted by atomic mass is 19.4. The second-order valence-corrected chi connectivity index (χ2v) is 2.84. The molecular formula is C8H14F3N3. The highest BCUT2D eigenvalue weighted by molar-refractivity contribution is 5.86. The van der Waals surface area contributed by atoms with Crippen LogP contribution in [0.1, 0.15) is 6.92 Å². The Morgan fingerprint density at radius 1 is 1.50 bits per heavy atom. The molecule has 0 aliphatic heterocycles. The fourth-order valence-electron chi connectivity index (χ4n) is 0.870. The molecule has 0 aromatic heterocycles. The molecule has 0 aromatic carbocycles. The summed E-state index contributed by atoms with van der Waals surface area (Å²) in [5, 5.41) is 9.63. The summed E-state index contributed by atoms with van der Waals surface area (Å²) in [6, 6.07) is 0. The number of alkyl halides is 3. The normalized spacial score (nSPS) is 11.2. The van der Waals surface area contributed by atoms with Crippen LogP contribution in [0.2, 0.25) is 0 Å². The molecule has 0 spiro atoms. The summed E-state index contributed by atoms with van der Waals surface area (Å²) in [6.45, 7) is 5.29. The Hall–Kier alpha value is -1.04. The molecule has 0 fully saturated rings. The van der Waals surface area contributed by atoms with Crippen molar-refractivity contribution < 1.29 is 13.2 Å². The number of nitrogens with zero attached hydrogens (tertiary/aromatic N) is 1. The molecule has 0 saturated heterocycles. The summed E-state index contributed by atoms with van der Waals surface area (Å²) < 4.78 is 36.5. The van der Waals surface area contributed by atoms with Gasteiger partial charge in [-0.05, 0) is 14.0 Å². The van der Waals surface area contributed by atoms with Crippen LogP contribution in [0.4, 0.5) is 13.2 Å². The number of nitrogens with one attached hydrogen (secondary N) is 2. The van der Waals surface area contributed by atoms with E-state index in [1.54, 1.807) is 7.05 Å². The van der Waals surface area contributed by atoms with Crippen LogP contribution >= 0.6 is 0 Å². The van der Waals surface area contributed by atoms with Crippen molar-refractivity contribution in [3.05, 3.63) is 12.3 Å². The van der Waals surface area contributed by atoms with E-state index in [4.69, 9.17) is 5.41 Å². The van der Waals surface area contributed by atoms with Crippen LogP contribution in [0, 0.1) is 5.41 Å². The molecule has 14 heavy (non-hydrogen) atoms. The molecule has 0 aliphatic carbocycles. The lowest BCUT2D eigenvalue weighted by molar-refractivity contribution is -0.0683. The van der Waals surface area contributed by atoms with E-state index in [9.17, 15) is 13.2 Å². The minimum Gasteiger partial charge on any atom is -0.326 e. The molecule has 0 heterocycles. The maximum absolute atomic E-state index is 12.2. The van der Waals surface area contributed by atoms with Gasteiger partial charge in [0.05, 0.1) is 0 Å². The molecule has 0 atom stereocenters. The van der Waals surface area contributed by atoms with Gasteiger partial charge >= 0.3 is 6.18 Å². The van der Waals surface area contributed by atoms with Gasteiger partial charge in [-0.2, -0.15) is 13.2 Å². The van der Waals surface area contributed by atoms with Gasteiger partial charge in [-0.15, -0.1) is 0 Å². The second-order valence-electron chi connectivity index (χ2n) is 2.84. The summed E-state index contributed by atoms with van der Waals surface area (Å²) in [7, 11) is 1.63. The van der Waals surface area contributed by atoms with Crippen LogP contribution in [-0.2, 0) is 0 Å². The number of allylic oxidation sites excluding steroid dienone is 1. The van der Waals surface area contributed by atoms with Crippen LogP contribution in [0.3, 0.4) is 0 Å². The first-order valence-corrected chi connectivity index (χ1v) is 4.04. The van der Waals surface area contributed by atoms with E-state index in [1.807, 2.05) is 0 Å². The van der Waals surface area contributed by atoms with E-state index in [2.05, 4.69) is 11.9 Å². The molecule has 0 aromatic rings. The summed E-state index contributed by atoms with van der Waals surface area (Å²) >= 11 is 0. The lowest BCUT2D eigenvalue weighted by Crippen LogP contribution is -2.42. The van der Waals surface area contributed by atoms with Crippen LogP contribution in [0.5, 0.6) is 0 Å². The van der Waals surface area contributed by atoms with E-state index in [1.165, 1.54) is 6.92 Å². The minimum absolute atomic E-state index is 0.0875. The van der Waals surface area contributed by atoms with E-state index in [-0.39, 0.29) is 12.2 Å². The van der Waals surface area contributed by atoms with E-state index in [0.717, 1.165) is 4.90 Å². The molecule has 0 radical (unpaired) electrons. The standard InChI is InChI=1S/C8H14F3N3/c1-6(2)14(5-4-13-3)7(12)8(9,10)11/h12-13H,1,4-5H2,2-3H3. The number of rotatable bonds is 4. The van der Waals surface area contributed by atoms with Gasteiger partial charge in [-0.25, -0.2) is 0 Å². The highest BCUT2D eigenvalue weighted by Gasteiger charge is 2.38. The maximum Gasteiger partial charge on any atom is 0.449 e. The quantitative estimate of drug-likeness (QED) is 0.545. The first kappa shape index (κ1) is 13.0. The molecule has 0 aliphatic rings. The molecule has 3 nitrogen and oxygen atoms in total. The molecular weight excluding hydrogens is 195 g/mol. The molecule has 6 heteroatoms. The van der Waals surface area contributed by atoms with Gasteiger partial charge in [0.2, 0.25) is 5.84 Å². The Morgan fingerprint density at radius 3 is 2.29 bits per heavy atom. The van der Waals surface area contributed by atoms with Gasteiger partial charge in [-0.1, -0.05) is 6.58 Å². The molecule has 0 unspecified atom stereocenters. The summed E-state index contributed by atoms with van der Waals surface area (Å²) in [5.41, 5.74) is 0.211. The Balaban J connectivity index is 4.50. The number of hydrogen-bond acceptors (Lipinski definition) is 2. The van der Waals surface area contributed by atoms with Crippen molar-refractivity contribution in [3.63, 3.8) is 0 Å². The minimum atomic E-state index is -4.62. The monoisotopic (exact) mass is 209 g/mol. The largest absolute Gasteiger partial charge is 0.449 e. The van der Waals surface area contributed by atoms with Crippen LogP contribution in [0.15, 0.2) is 12.3 Å². The van der Waals surface area contributed by atoms with Crippen LogP contribution in [-0.4, -0.2) is 37.0 Å². The van der Waals surface area contributed by atoms with Crippen molar-refractivity contribution in [3.8, 4) is 0 Å². The van der Waals surface area contributed by atoms with E-state index in [0.29, 0.717) is 6.54 Å². The average molecular weight is 209 g/mol. The number of likely N-dealkylation sites (N-methyl/N-ethyl adjacent to an activating group) is 1. The highest BCUT2D eigenvalue weighted by Crippen LogP contribution is 2.20. The zero-order chi connectivity index (χ0) is 11.4. The lowest BCUT2D eigenvalue weighted by Gasteiger charge is -2.26. The van der Waals surface area contributed by atoms with Crippen molar-refractivity contribution in [1.29, 1.82) is 5.41 Å². The Kier molecular flexibility index (Phi) is 4.62. The number of amidine groups is 1. The van der Waals surface area contributed by atoms with Gasteiger partial charge < -0.3 is 10.2 Å². The lowest BCUT2D eigenvalue weighted by atomic mass is 10.3. The van der Waals surface area contributed by atoms with Gasteiger partial charge in [0, 0.05) is 18.8 Å². The summed E-state index contributed by atoms with van der Waals surface area (Å²) in [5.74, 6) is -1.37. The third-order valence-electron chi connectivity index (χ3n) is 1.58.